The quantitative estimate of drug-likeness (QED) is 0.597. The fraction of sp³-hybridized carbons (Fsp3) is 0.538. The summed E-state index contributed by atoms with van der Waals surface area (Å²) in [7, 11) is 0. The van der Waals surface area contributed by atoms with Crippen molar-refractivity contribution < 1.29 is 10.0 Å². The molecule has 0 aliphatic heterocycles. The van der Waals surface area contributed by atoms with Crippen molar-refractivity contribution in [3.05, 3.63) is 38.9 Å². The minimum atomic E-state index is -0.447. The monoisotopic (exact) mass is 286 g/mol. The fourth-order valence-corrected chi connectivity index (χ4v) is 2.04. The average Bonchev–Trinajstić information content (AvgIpc) is 2.35. The molecule has 6 heteroatoms. The number of nitro groups is 1. The van der Waals surface area contributed by atoms with Crippen LogP contribution in [0.2, 0.25) is 5.02 Å². The van der Waals surface area contributed by atoms with E-state index in [0.29, 0.717) is 23.0 Å². The van der Waals surface area contributed by atoms with E-state index in [4.69, 9.17) is 11.6 Å². The van der Waals surface area contributed by atoms with Gasteiger partial charge in [0.2, 0.25) is 0 Å². The highest BCUT2D eigenvalue weighted by molar-refractivity contribution is 6.31. The van der Waals surface area contributed by atoms with Gasteiger partial charge in [-0.1, -0.05) is 25.4 Å². The number of halogens is 1. The summed E-state index contributed by atoms with van der Waals surface area (Å²) in [5.74, 6) is 0.463. The Labute approximate surface area is 117 Å². The first-order chi connectivity index (χ1) is 8.93. The molecule has 0 radical (unpaired) electrons. The first kappa shape index (κ1) is 15.9. The number of aliphatic hydroxyl groups is 1. The summed E-state index contributed by atoms with van der Waals surface area (Å²) in [4.78, 5) is 10.3. The van der Waals surface area contributed by atoms with E-state index in [1.165, 1.54) is 18.2 Å². The van der Waals surface area contributed by atoms with Gasteiger partial charge in [0, 0.05) is 29.7 Å². The lowest BCUT2D eigenvalue weighted by molar-refractivity contribution is -0.384. The lowest BCUT2D eigenvalue weighted by Crippen LogP contribution is -2.33. The van der Waals surface area contributed by atoms with E-state index in [1.807, 2.05) is 0 Å². The maximum absolute atomic E-state index is 10.7. The van der Waals surface area contributed by atoms with E-state index in [0.717, 1.165) is 6.42 Å². The second-order valence-electron chi connectivity index (χ2n) is 4.92. The van der Waals surface area contributed by atoms with Crippen molar-refractivity contribution in [3.63, 3.8) is 0 Å². The summed E-state index contributed by atoms with van der Waals surface area (Å²) in [5, 5.41) is 23.6. The molecule has 0 aromatic heterocycles. The predicted molar refractivity (Wildman–Crippen MR) is 75.3 cm³/mol. The van der Waals surface area contributed by atoms with Crippen LogP contribution in [0.4, 0.5) is 5.69 Å². The molecule has 0 amide bonds. The Morgan fingerprint density at radius 2 is 2.16 bits per heavy atom. The van der Waals surface area contributed by atoms with Crippen LogP contribution in [0, 0.1) is 16.0 Å². The van der Waals surface area contributed by atoms with Crippen molar-refractivity contribution in [2.45, 2.75) is 32.9 Å². The number of hydrogen-bond donors (Lipinski definition) is 2. The zero-order valence-corrected chi connectivity index (χ0v) is 11.9. The molecule has 1 aromatic rings. The predicted octanol–water partition coefficient (Wildman–Crippen LogP) is 2.74. The average molecular weight is 287 g/mol. The van der Waals surface area contributed by atoms with E-state index >= 15 is 0 Å². The SMILES string of the molecule is CC(C)CC(CO)NCc1cc([N+](=O)[O-])ccc1Cl. The molecule has 5 nitrogen and oxygen atoms in total. The van der Waals surface area contributed by atoms with Gasteiger partial charge in [-0.2, -0.15) is 0 Å². The van der Waals surface area contributed by atoms with E-state index in [2.05, 4.69) is 19.2 Å². The summed E-state index contributed by atoms with van der Waals surface area (Å²) in [6.07, 6.45) is 0.836. The van der Waals surface area contributed by atoms with Crippen LogP contribution in [0.15, 0.2) is 18.2 Å². The first-order valence-electron chi connectivity index (χ1n) is 6.21. The molecule has 0 bridgehead atoms. The van der Waals surface area contributed by atoms with Gasteiger partial charge >= 0.3 is 0 Å². The second kappa shape index (κ2) is 7.43. The molecule has 0 fully saturated rings. The summed E-state index contributed by atoms with van der Waals surface area (Å²) >= 11 is 6.01. The standard InChI is InChI=1S/C13H19ClN2O3/c1-9(2)5-11(8-17)15-7-10-6-12(16(18)19)3-4-13(10)14/h3-4,6,9,11,15,17H,5,7-8H2,1-2H3. The molecule has 0 spiro atoms. The normalized spacial score (nSPS) is 12.7. The third-order valence-corrected chi connectivity index (χ3v) is 3.17. The van der Waals surface area contributed by atoms with Gasteiger partial charge in [-0.15, -0.1) is 0 Å². The topological polar surface area (TPSA) is 75.4 Å². The molecule has 0 aliphatic rings. The number of hydrogen-bond acceptors (Lipinski definition) is 4. The fourth-order valence-electron chi connectivity index (χ4n) is 1.86. The van der Waals surface area contributed by atoms with E-state index in [9.17, 15) is 15.2 Å². The van der Waals surface area contributed by atoms with Crippen LogP contribution < -0.4 is 5.32 Å². The van der Waals surface area contributed by atoms with Gasteiger partial charge < -0.3 is 10.4 Å². The number of rotatable bonds is 7. The Bertz CT molecular complexity index is 438. The summed E-state index contributed by atoms with van der Waals surface area (Å²) in [6, 6.07) is 4.32. The molecule has 0 heterocycles. The van der Waals surface area contributed by atoms with Crippen molar-refractivity contribution in [1.29, 1.82) is 0 Å². The molecule has 1 unspecified atom stereocenters. The van der Waals surface area contributed by atoms with Crippen LogP contribution in [0.3, 0.4) is 0 Å². The van der Waals surface area contributed by atoms with Crippen LogP contribution in [-0.2, 0) is 6.54 Å². The van der Waals surface area contributed by atoms with Gasteiger partial charge in [-0.25, -0.2) is 0 Å². The van der Waals surface area contributed by atoms with Gasteiger partial charge in [0.1, 0.15) is 0 Å². The highest BCUT2D eigenvalue weighted by Crippen LogP contribution is 2.22. The van der Waals surface area contributed by atoms with E-state index in [1.54, 1.807) is 0 Å². The number of non-ortho nitro benzene ring substituents is 1. The van der Waals surface area contributed by atoms with Gasteiger partial charge in [0.25, 0.3) is 5.69 Å². The molecule has 0 saturated carbocycles. The Hall–Kier alpha value is -1.17. The highest BCUT2D eigenvalue weighted by atomic mass is 35.5. The summed E-state index contributed by atoms with van der Waals surface area (Å²) in [5.41, 5.74) is 0.684. The van der Waals surface area contributed by atoms with E-state index < -0.39 is 4.92 Å². The molecule has 2 N–H and O–H groups in total. The zero-order chi connectivity index (χ0) is 14.4. The Kier molecular flexibility index (Phi) is 6.21. The molecule has 1 aromatic carbocycles. The molecule has 1 atom stereocenters. The van der Waals surface area contributed by atoms with Crippen LogP contribution in [0.25, 0.3) is 0 Å². The lowest BCUT2D eigenvalue weighted by atomic mass is 10.0. The Balaban J connectivity index is 2.70. The Morgan fingerprint density at radius 1 is 1.47 bits per heavy atom. The van der Waals surface area contributed by atoms with Gasteiger partial charge in [0.05, 0.1) is 11.5 Å². The number of nitrogens with zero attached hydrogens (tertiary/aromatic N) is 1. The maximum atomic E-state index is 10.7. The van der Waals surface area contributed by atoms with Crippen molar-refractivity contribution >= 4 is 17.3 Å². The van der Waals surface area contributed by atoms with Gasteiger partial charge in [-0.05, 0) is 24.0 Å². The van der Waals surface area contributed by atoms with Crippen molar-refractivity contribution in [2.24, 2.45) is 5.92 Å². The summed E-state index contributed by atoms with van der Waals surface area (Å²) in [6.45, 7) is 4.58. The first-order valence-corrected chi connectivity index (χ1v) is 6.59. The smallest absolute Gasteiger partial charge is 0.269 e. The second-order valence-corrected chi connectivity index (χ2v) is 5.33. The number of nitrogens with one attached hydrogen (secondary N) is 1. The van der Waals surface area contributed by atoms with E-state index in [-0.39, 0.29) is 18.3 Å². The third-order valence-electron chi connectivity index (χ3n) is 2.80. The van der Waals surface area contributed by atoms with Crippen molar-refractivity contribution in [2.75, 3.05) is 6.61 Å². The largest absolute Gasteiger partial charge is 0.395 e. The molecular weight excluding hydrogens is 268 g/mol. The molecule has 0 saturated heterocycles. The lowest BCUT2D eigenvalue weighted by Gasteiger charge is -2.18. The molecule has 1 rings (SSSR count). The molecule has 19 heavy (non-hydrogen) atoms. The van der Waals surface area contributed by atoms with Gasteiger partial charge in [0.15, 0.2) is 0 Å². The van der Waals surface area contributed by atoms with Crippen LogP contribution >= 0.6 is 11.6 Å². The zero-order valence-electron chi connectivity index (χ0n) is 11.1. The minimum Gasteiger partial charge on any atom is -0.395 e. The number of benzene rings is 1. The molecular formula is C13H19ClN2O3. The van der Waals surface area contributed by atoms with Crippen molar-refractivity contribution in [1.82, 2.24) is 5.32 Å². The van der Waals surface area contributed by atoms with Crippen LogP contribution in [-0.4, -0.2) is 22.7 Å². The maximum Gasteiger partial charge on any atom is 0.269 e. The van der Waals surface area contributed by atoms with Crippen molar-refractivity contribution in [3.8, 4) is 0 Å². The van der Waals surface area contributed by atoms with Crippen LogP contribution in [0.5, 0.6) is 0 Å². The number of aliphatic hydroxyl groups excluding tert-OH is 1. The highest BCUT2D eigenvalue weighted by Gasteiger charge is 2.13. The Morgan fingerprint density at radius 3 is 2.68 bits per heavy atom. The van der Waals surface area contributed by atoms with Gasteiger partial charge in [-0.3, -0.25) is 10.1 Å². The summed E-state index contributed by atoms with van der Waals surface area (Å²) < 4.78 is 0. The molecule has 106 valence electrons. The third kappa shape index (κ3) is 5.14. The molecule has 0 aliphatic carbocycles. The van der Waals surface area contributed by atoms with Crippen LogP contribution in [0.1, 0.15) is 25.8 Å². The number of nitro benzene ring substituents is 1. The minimum absolute atomic E-state index is 0.0191.